The molecule has 0 spiro atoms. The molecular formula is C19H21F3N2O. The normalized spacial score (nSPS) is 11.4. The van der Waals surface area contributed by atoms with Crippen LogP contribution in [0.4, 0.5) is 24.5 Å². The molecule has 3 nitrogen and oxygen atoms in total. The number of benzene rings is 2. The third-order valence-electron chi connectivity index (χ3n) is 3.73. The van der Waals surface area contributed by atoms with E-state index in [1.54, 1.807) is 6.07 Å². The third-order valence-corrected chi connectivity index (χ3v) is 3.73. The van der Waals surface area contributed by atoms with E-state index in [4.69, 9.17) is 0 Å². The van der Waals surface area contributed by atoms with Crippen molar-refractivity contribution >= 4 is 17.3 Å². The van der Waals surface area contributed by atoms with E-state index in [0.29, 0.717) is 5.69 Å². The van der Waals surface area contributed by atoms with Crippen LogP contribution in [0.15, 0.2) is 48.5 Å². The predicted molar refractivity (Wildman–Crippen MR) is 93.7 cm³/mol. The molecule has 0 saturated carbocycles. The average molecular weight is 350 g/mol. The maximum Gasteiger partial charge on any atom is 0.416 e. The fraction of sp³-hybridized carbons (Fsp3) is 0.316. The quantitative estimate of drug-likeness (QED) is 0.745. The van der Waals surface area contributed by atoms with Crippen molar-refractivity contribution in [2.75, 3.05) is 17.2 Å². The van der Waals surface area contributed by atoms with Gasteiger partial charge in [-0.2, -0.15) is 13.2 Å². The first-order valence-electron chi connectivity index (χ1n) is 8.07. The van der Waals surface area contributed by atoms with Gasteiger partial charge < -0.3 is 10.6 Å². The molecule has 0 radical (unpaired) electrons. The Morgan fingerprint density at radius 2 is 1.80 bits per heavy atom. The molecule has 2 aromatic rings. The summed E-state index contributed by atoms with van der Waals surface area (Å²) >= 11 is 0. The Morgan fingerprint density at radius 3 is 2.48 bits per heavy atom. The van der Waals surface area contributed by atoms with Gasteiger partial charge in [-0.05, 0) is 35.7 Å². The molecule has 1 amide bonds. The summed E-state index contributed by atoms with van der Waals surface area (Å²) in [7, 11) is 0. The molecule has 2 N–H and O–H groups in total. The lowest BCUT2D eigenvalue weighted by molar-refractivity contribution is -0.137. The number of anilines is 2. The van der Waals surface area contributed by atoms with Gasteiger partial charge in [0.15, 0.2) is 0 Å². The van der Waals surface area contributed by atoms with E-state index in [1.165, 1.54) is 6.07 Å². The molecule has 0 aliphatic carbocycles. The molecule has 0 aromatic heterocycles. The van der Waals surface area contributed by atoms with E-state index < -0.39 is 11.7 Å². The molecule has 2 aromatic carbocycles. The molecule has 0 fully saturated rings. The molecule has 134 valence electrons. The van der Waals surface area contributed by atoms with E-state index in [-0.39, 0.29) is 24.8 Å². The van der Waals surface area contributed by atoms with Crippen LogP contribution in [0, 0.1) is 0 Å². The zero-order valence-electron chi connectivity index (χ0n) is 14.2. The molecule has 0 aliphatic heterocycles. The molecule has 2 rings (SSSR count). The van der Waals surface area contributed by atoms with Gasteiger partial charge in [0.2, 0.25) is 5.91 Å². The Bertz CT molecular complexity index is 727. The highest BCUT2D eigenvalue weighted by Crippen LogP contribution is 2.30. The van der Waals surface area contributed by atoms with Crippen LogP contribution in [-0.4, -0.2) is 12.5 Å². The molecule has 0 unspecified atom stereocenters. The third kappa shape index (κ3) is 5.52. The van der Waals surface area contributed by atoms with E-state index in [2.05, 4.69) is 10.6 Å². The number of carbonyl (C=O) groups is 1. The van der Waals surface area contributed by atoms with Gasteiger partial charge in [0.1, 0.15) is 0 Å². The standard InChI is InChI=1S/C19H21F3N2O/c1-13(2)16-8-3-4-9-17(16)24-18(25)10-11-23-15-7-5-6-14(12-15)19(20,21)22/h3-9,12-13,23H,10-11H2,1-2H3,(H,24,25). The average Bonchev–Trinajstić information content (AvgIpc) is 2.54. The van der Waals surface area contributed by atoms with E-state index >= 15 is 0 Å². The zero-order valence-corrected chi connectivity index (χ0v) is 14.2. The van der Waals surface area contributed by atoms with Gasteiger partial charge in [-0.3, -0.25) is 4.79 Å². The minimum atomic E-state index is -4.38. The van der Waals surface area contributed by atoms with Crippen molar-refractivity contribution in [1.82, 2.24) is 0 Å². The highest BCUT2D eigenvalue weighted by atomic mass is 19.4. The predicted octanol–water partition coefficient (Wildman–Crippen LogP) is 5.27. The number of nitrogens with one attached hydrogen (secondary N) is 2. The Balaban J connectivity index is 1.89. The second-order valence-corrected chi connectivity index (χ2v) is 6.05. The molecule has 0 aliphatic rings. The van der Waals surface area contributed by atoms with Gasteiger partial charge in [-0.1, -0.05) is 38.1 Å². The molecule has 0 saturated heterocycles. The number of para-hydroxylation sites is 1. The number of hydrogen-bond acceptors (Lipinski definition) is 2. The van der Waals surface area contributed by atoms with Crippen LogP contribution >= 0.6 is 0 Å². The number of alkyl halides is 3. The van der Waals surface area contributed by atoms with Crippen LogP contribution < -0.4 is 10.6 Å². The number of rotatable bonds is 6. The molecule has 0 atom stereocenters. The van der Waals surface area contributed by atoms with Crippen molar-refractivity contribution in [2.45, 2.75) is 32.4 Å². The van der Waals surface area contributed by atoms with Gasteiger partial charge in [-0.25, -0.2) is 0 Å². The van der Waals surface area contributed by atoms with Crippen LogP contribution in [-0.2, 0) is 11.0 Å². The number of carbonyl (C=O) groups excluding carboxylic acids is 1. The Labute approximate surface area is 145 Å². The SMILES string of the molecule is CC(C)c1ccccc1NC(=O)CCNc1cccc(C(F)(F)F)c1. The van der Waals surface area contributed by atoms with Gasteiger partial charge in [0, 0.05) is 24.3 Å². The topological polar surface area (TPSA) is 41.1 Å². The lowest BCUT2D eigenvalue weighted by Crippen LogP contribution is -2.17. The van der Waals surface area contributed by atoms with Crippen LogP contribution in [0.1, 0.15) is 37.3 Å². The van der Waals surface area contributed by atoms with Crippen LogP contribution in [0.3, 0.4) is 0 Å². The largest absolute Gasteiger partial charge is 0.416 e. The lowest BCUT2D eigenvalue weighted by Gasteiger charge is -2.14. The smallest absolute Gasteiger partial charge is 0.385 e. The minimum Gasteiger partial charge on any atom is -0.385 e. The fourth-order valence-electron chi connectivity index (χ4n) is 2.45. The fourth-order valence-corrected chi connectivity index (χ4v) is 2.45. The zero-order chi connectivity index (χ0) is 18.4. The molecule has 6 heteroatoms. The summed E-state index contributed by atoms with van der Waals surface area (Å²) < 4.78 is 38.0. The maximum atomic E-state index is 12.7. The summed E-state index contributed by atoms with van der Waals surface area (Å²) in [5.74, 6) is 0.0901. The van der Waals surface area contributed by atoms with E-state index in [1.807, 2.05) is 38.1 Å². The van der Waals surface area contributed by atoms with Crippen LogP contribution in [0.2, 0.25) is 0 Å². The molecule has 0 bridgehead atoms. The van der Waals surface area contributed by atoms with Gasteiger partial charge in [0.05, 0.1) is 5.56 Å². The number of hydrogen-bond donors (Lipinski definition) is 2. The minimum absolute atomic E-state index is 0.155. The van der Waals surface area contributed by atoms with Crippen molar-refractivity contribution in [3.8, 4) is 0 Å². The van der Waals surface area contributed by atoms with Crippen LogP contribution in [0.5, 0.6) is 0 Å². The Kier molecular flexibility index (Phi) is 6.07. The van der Waals surface area contributed by atoms with Crippen molar-refractivity contribution in [1.29, 1.82) is 0 Å². The Hall–Kier alpha value is -2.50. The first-order valence-corrected chi connectivity index (χ1v) is 8.07. The molecule has 25 heavy (non-hydrogen) atoms. The summed E-state index contributed by atoms with van der Waals surface area (Å²) in [5, 5.41) is 5.71. The first kappa shape index (κ1) is 18.8. The molecule has 0 heterocycles. The summed E-state index contributed by atoms with van der Waals surface area (Å²) in [6, 6.07) is 12.5. The van der Waals surface area contributed by atoms with Crippen molar-refractivity contribution in [3.05, 3.63) is 59.7 Å². The van der Waals surface area contributed by atoms with Gasteiger partial charge >= 0.3 is 6.18 Å². The molecular weight excluding hydrogens is 329 g/mol. The van der Waals surface area contributed by atoms with Crippen molar-refractivity contribution in [3.63, 3.8) is 0 Å². The highest BCUT2D eigenvalue weighted by Gasteiger charge is 2.30. The van der Waals surface area contributed by atoms with Gasteiger partial charge in [-0.15, -0.1) is 0 Å². The first-order chi connectivity index (χ1) is 11.8. The summed E-state index contributed by atoms with van der Waals surface area (Å²) in [4.78, 5) is 12.1. The second kappa shape index (κ2) is 8.05. The number of amides is 1. The summed E-state index contributed by atoms with van der Waals surface area (Å²) in [6.45, 7) is 4.33. The lowest BCUT2D eigenvalue weighted by atomic mass is 10.0. The van der Waals surface area contributed by atoms with E-state index in [9.17, 15) is 18.0 Å². The van der Waals surface area contributed by atoms with Crippen LogP contribution in [0.25, 0.3) is 0 Å². The number of halogens is 3. The maximum absolute atomic E-state index is 12.7. The van der Waals surface area contributed by atoms with E-state index in [0.717, 1.165) is 23.4 Å². The van der Waals surface area contributed by atoms with Crippen molar-refractivity contribution < 1.29 is 18.0 Å². The highest BCUT2D eigenvalue weighted by molar-refractivity contribution is 5.91. The second-order valence-electron chi connectivity index (χ2n) is 6.05. The summed E-state index contributed by atoms with van der Waals surface area (Å²) in [6.07, 6.45) is -4.22. The summed E-state index contributed by atoms with van der Waals surface area (Å²) in [5.41, 5.74) is 1.43. The monoisotopic (exact) mass is 350 g/mol. The van der Waals surface area contributed by atoms with Crippen molar-refractivity contribution in [2.24, 2.45) is 0 Å². The van der Waals surface area contributed by atoms with Gasteiger partial charge in [0.25, 0.3) is 0 Å². The Morgan fingerprint density at radius 1 is 1.08 bits per heavy atom.